The Morgan fingerprint density at radius 2 is 2.14 bits per heavy atom. The molecule has 1 heterocycles. The molecule has 0 bridgehead atoms. The second kappa shape index (κ2) is 7.54. The molecule has 0 radical (unpaired) electrons. The highest BCUT2D eigenvalue weighted by atomic mass is 16.2. The van der Waals surface area contributed by atoms with Crippen molar-refractivity contribution in [3.05, 3.63) is 11.9 Å². The van der Waals surface area contributed by atoms with Crippen molar-refractivity contribution >= 4 is 5.91 Å². The van der Waals surface area contributed by atoms with Gasteiger partial charge in [0, 0.05) is 18.6 Å². The van der Waals surface area contributed by atoms with E-state index < -0.39 is 0 Å². The van der Waals surface area contributed by atoms with E-state index in [0.29, 0.717) is 12.0 Å². The predicted molar refractivity (Wildman–Crippen MR) is 81.6 cm³/mol. The lowest BCUT2D eigenvalue weighted by Crippen LogP contribution is -2.35. The van der Waals surface area contributed by atoms with E-state index in [9.17, 15) is 4.79 Å². The maximum Gasteiger partial charge on any atom is 0.242 e. The van der Waals surface area contributed by atoms with Crippen molar-refractivity contribution in [2.75, 3.05) is 0 Å². The molecule has 1 unspecified atom stereocenters. The molecule has 6 nitrogen and oxygen atoms in total. The molecule has 6 heteroatoms. The van der Waals surface area contributed by atoms with E-state index >= 15 is 0 Å². The molecule has 2 rings (SSSR count). The fraction of sp³-hybridized carbons (Fsp3) is 0.800. The van der Waals surface area contributed by atoms with Gasteiger partial charge in [-0.25, -0.2) is 4.68 Å². The Kier molecular flexibility index (Phi) is 5.73. The molecule has 0 aromatic carbocycles. The Bertz CT molecular complexity index is 453. The Morgan fingerprint density at radius 1 is 1.38 bits per heavy atom. The molecule has 1 aromatic heterocycles. The summed E-state index contributed by atoms with van der Waals surface area (Å²) >= 11 is 0. The van der Waals surface area contributed by atoms with Crippen LogP contribution in [0.25, 0.3) is 0 Å². The Balaban J connectivity index is 1.68. The summed E-state index contributed by atoms with van der Waals surface area (Å²) < 4.78 is 1.61. The van der Waals surface area contributed by atoms with Crippen molar-refractivity contribution in [3.8, 4) is 0 Å². The average Bonchev–Trinajstić information content (AvgIpc) is 3.14. The van der Waals surface area contributed by atoms with E-state index in [0.717, 1.165) is 25.1 Å². The Hall–Kier alpha value is -1.43. The van der Waals surface area contributed by atoms with Crippen LogP contribution < -0.4 is 10.6 Å². The molecule has 1 aliphatic carbocycles. The van der Waals surface area contributed by atoms with Crippen molar-refractivity contribution < 1.29 is 4.79 Å². The number of carbonyl (C=O) groups is 1. The first-order valence-corrected chi connectivity index (χ1v) is 7.94. The fourth-order valence-corrected chi connectivity index (χ4v) is 2.16. The summed E-state index contributed by atoms with van der Waals surface area (Å²) in [6, 6.07) is 0.861. The van der Waals surface area contributed by atoms with Crippen molar-refractivity contribution in [2.45, 2.75) is 71.6 Å². The molecule has 1 aromatic rings. The minimum atomic E-state index is -0.00198. The molecule has 118 valence electrons. The van der Waals surface area contributed by atoms with Gasteiger partial charge in [-0.05, 0) is 38.5 Å². The van der Waals surface area contributed by atoms with Crippen LogP contribution in [-0.4, -0.2) is 33.0 Å². The van der Waals surface area contributed by atoms with E-state index in [4.69, 9.17) is 0 Å². The first-order valence-electron chi connectivity index (χ1n) is 7.94. The monoisotopic (exact) mass is 293 g/mol. The van der Waals surface area contributed by atoms with Gasteiger partial charge in [0.1, 0.15) is 6.54 Å². The molecule has 1 atom stereocenters. The van der Waals surface area contributed by atoms with Crippen LogP contribution in [0.15, 0.2) is 6.20 Å². The third kappa shape index (κ3) is 6.25. The van der Waals surface area contributed by atoms with E-state index in [1.807, 2.05) is 13.1 Å². The Morgan fingerprint density at radius 3 is 2.81 bits per heavy atom. The second-order valence-electron chi connectivity index (χ2n) is 6.50. The third-order valence-electron chi connectivity index (χ3n) is 3.63. The zero-order valence-corrected chi connectivity index (χ0v) is 13.3. The van der Waals surface area contributed by atoms with Crippen LogP contribution in [0.3, 0.4) is 0 Å². The van der Waals surface area contributed by atoms with Gasteiger partial charge >= 0.3 is 0 Å². The summed E-state index contributed by atoms with van der Waals surface area (Å²) in [5.41, 5.74) is 0.891. The summed E-state index contributed by atoms with van der Waals surface area (Å²) in [5, 5.41) is 14.5. The van der Waals surface area contributed by atoms with Crippen molar-refractivity contribution in [1.82, 2.24) is 25.6 Å². The van der Waals surface area contributed by atoms with Crippen molar-refractivity contribution in [3.63, 3.8) is 0 Å². The molecule has 0 saturated heterocycles. The SMILES string of the molecule is CC(C)CCC(C)NC(=O)Cn1cc(CNC2CC2)nn1. The van der Waals surface area contributed by atoms with Gasteiger partial charge in [0.05, 0.1) is 11.9 Å². The number of rotatable bonds is 9. The van der Waals surface area contributed by atoms with Gasteiger partial charge in [0.25, 0.3) is 0 Å². The molecule has 2 N–H and O–H groups in total. The topological polar surface area (TPSA) is 71.8 Å². The van der Waals surface area contributed by atoms with Gasteiger partial charge in [0.15, 0.2) is 0 Å². The minimum absolute atomic E-state index is 0.00198. The van der Waals surface area contributed by atoms with Crippen LogP contribution in [0.1, 0.15) is 52.1 Å². The number of amides is 1. The van der Waals surface area contributed by atoms with E-state index in [1.54, 1.807) is 4.68 Å². The largest absolute Gasteiger partial charge is 0.352 e. The van der Waals surface area contributed by atoms with Crippen LogP contribution in [0, 0.1) is 5.92 Å². The van der Waals surface area contributed by atoms with Crippen molar-refractivity contribution in [1.29, 1.82) is 0 Å². The lowest BCUT2D eigenvalue weighted by Gasteiger charge is -2.14. The third-order valence-corrected chi connectivity index (χ3v) is 3.63. The van der Waals surface area contributed by atoms with Crippen LogP contribution in [0.2, 0.25) is 0 Å². The molecule has 1 saturated carbocycles. The van der Waals surface area contributed by atoms with E-state index in [-0.39, 0.29) is 18.5 Å². The number of nitrogens with one attached hydrogen (secondary N) is 2. The summed E-state index contributed by atoms with van der Waals surface area (Å²) in [4.78, 5) is 11.9. The number of carbonyl (C=O) groups excluding carboxylic acids is 1. The van der Waals surface area contributed by atoms with E-state index in [1.165, 1.54) is 12.8 Å². The van der Waals surface area contributed by atoms with Gasteiger partial charge in [-0.15, -0.1) is 5.10 Å². The summed E-state index contributed by atoms with van der Waals surface area (Å²) in [7, 11) is 0. The summed E-state index contributed by atoms with van der Waals surface area (Å²) in [5.74, 6) is 0.666. The Labute approximate surface area is 126 Å². The van der Waals surface area contributed by atoms with Gasteiger partial charge in [-0.2, -0.15) is 0 Å². The number of hydrogen-bond donors (Lipinski definition) is 2. The average molecular weight is 293 g/mol. The fourth-order valence-electron chi connectivity index (χ4n) is 2.16. The normalized spacial score (nSPS) is 16.2. The first-order chi connectivity index (χ1) is 10.0. The molecule has 1 aliphatic rings. The van der Waals surface area contributed by atoms with Gasteiger partial charge in [-0.1, -0.05) is 19.1 Å². The number of aromatic nitrogens is 3. The molecule has 1 fully saturated rings. The molecular weight excluding hydrogens is 266 g/mol. The standard InChI is InChI=1S/C15H27N5O/c1-11(2)4-5-12(3)17-15(21)10-20-9-14(18-19-20)8-16-13-6-7-13/h9,11-13,16H,4-8,10H2,1-3H3,(H,17,21). The first kappa shape index (κ1) is 15.9. The maximum absolute atomic E-state index is 11.9. The van der Waals surface area contributed by atoms with Crippen molar-refractivity contribution in [2.24, 2.45) is 5.92 Å². The zero-order chi connectivity index (χ0) is 15.2. The van der Waals surface area contributed by atoms with E-state index in [2.05, 4.69) is 34.8 Å². The number of hydrogen-bond acceptors (Lipinski definition) is 4. The highest BCUT2D eigenvalue weighted by molar-refractivity contribution is 5.75. The highest BCUT2D eigenvalue weighted by Gasteiger charge is 2.20. The lowest BCUT2D eigenvalue weighted by molar-refractivity contribution is -0.122. The molecular formula is C15H27N5O. The van der Waals surface area contributed by atoms with Gasteiger partial charge in [0.2, 0.25) is 5.91 Å². The van der Waals surface area contributed by atoms with Gasteiger partial charge < -0.3 is 10.6 Å². The quantitative estimate of drug-likeness (QED) is 0.723. The van der Waals surface area contributed by atoms with Crippen LogP contribution >= 0.6 is 0 Å². The summed E-state index contributed by atoms with van der Waals surface area (Å²) in [6.45, 7) is 7.41. The summed E-state index contributed by atoms with van der Waals surface area (Å²) in [6.07, 6.45) is 6.49. The number of nitrogens with zero attached hydrogens (tertiary/aromatic N) is 3. The van der Waals surface area contributed by atoms with Crippen LogP contribution in [0.4, 0.5) is 0 Å². The molecule has 1 amide bonds. The van der Waals surface area contributed by atoms with Crippen LogP contribution in [-0.2, 0) is 17.9 Å². The lowest BCUT2D eigenvalue weighted by atomic mass is 10.0. The van der Waals surface area contributed by atoms with Crippen LogP contribution in [0.5, 0.6) is 0 Å². The highest BCUT2D eigenvalue weighted by Crippen LogP contribution is 2.18. The maximum atomic E-state index is 11.9. The molecule has 21 heavy (non-hydrogen) atoms. The van der Waals surface area contributed by atoms with Gasteiger partial charge in [-0.3, -0.25) is 4.79 Å². The zero-order valence-electron chi connectivity index (χ0n) is 13.3. The predicted octanol–water partition coefficient (Wildman–Crippen LogP) is 1.47. The molecule has 0 spiro atoms. The molecule has 0 aliphatic heterocycles. The minimum Gasteiger partial charge on any atom is -0.352 e. The smallest absolute Gasteiger partial charge is 0.242 e. The second-order valence-corrected chi connectivity index (χ2v) is 6.50.